The van der Waals surface area contributed by atoms with Gasteiger partial charge in [0, 0.05) is 18.0 Å². The van der Waals surface area contributed by atoms with Gasteiger partial charge in [-0.1, -0.05) is 18.2 Å². The Morgan fingerprint density at radius 1 is 1.52 bits per heavy atom. The average molecular weight is 396 g/mol. The number of para-hydroxylation sites is 1. The first-order valence-corrected chi connectivity index (χ1v) is 9.10. The topological polar surface area (TPSA) is 58.6 Å². The number of hydrogen-bond acceptors (Lipinski definition) is 4. The Hall–Kier alpha value is -1.37. The van der Waals surface area contributed by atoms with Gasteiger partial charge < -0.3 is 15.2 Å². The summed E-state index contributed by atoms with van der Waals surface area (Å²) in [7, 11) is 1.57. The second-order valence-electron chi connectivity index (χ2n) is 5.64. The van der Waals surface area contributed by atoms with Crippen LogP contribution >= 0.6 is 27.3 Å². The van der Waals surface area contributed by atoms with Crippen LogP contribution in [-0.2, 0) is 4.79 Å². The van der Waals surface area contributed by atoms with Gasteiger partial charge >= 0.3 is 0 Å². The van der Waals surface area contributed by atoms with Crippen molar-refractivity contribution in [1.82, 2.24) is 5.32 Å². The van der Waals surface area contributed by atoms with Crippen molar-refractivity contribution in [2.24, 2.45) is 5.92 Å². The van der Waals surface area contributed by atoms with Gasteiger partial charge in [-0.3, -0.25) is 4.79 Å². The molecule has 1 aromatic carbocycles. The fourth-order valence-electron chi connectivity index (χ4n) is 2.75. The van der Waals surface area contributed by atoms with Crippen molar-refractivity contribution in [3.05, 3.63) is 50.6 Å². The van der Waals surface area contributed by atoms with Crippen LogP contribution in [0.4, 0.5) is 0 Å². The maximum atomic E-state index is 12.2. The summed E-state index contributed by atoms with van der Waals surface area (Å²) in [6.07, 6.45) is 0.0994. The van der Waals surface area contributed by atoms with Crippen LogP contribution < -0.4 is 10.1 Å². The van der Waals surface area contributed by atoms with Gasteiger partial charge in [-0.05, 0) is 51.3 Å². The summed E-state index contributed by atoms with van der Waals surface area (Å²) in [4.78, 5) is 12.2. The van der Waals surface area contributed by atoms with Gasteiger partial charge in [0.1, 0.15) is 5.75 Å². The van der Waals surface area contributed by atoms with Crippen molar-refractivity contribution >= 4 is 33.2 Å². The zero-order chi connectivity index (χ0) is 16.4. The maximum absolute atomic E-state index is 12.2. The number of aliphatic hydroxyl groups is 1. The summed E-state index contributed by atoms with van der Waals surface area (Å²) in [5.74, 6) is 0.954. The van der Waals surface area contributed by atoms with Gasteiger partial charge in [0.05, 0.1) is 17.0 Å². The van der Waals surface area contributed by atoms with Gasteiger partial charge in [-0.25, -0.2) is 0 Å². The van der Waals surface area contributed by atoms with Crippen LogP contribution in [0.2, 0.25) is 0 Å². The van der Waals surface area contributed by atoms with Crippen molar-refractivity contribution in [2.75, 3.05) is 13.7 Å². The molecule has 1 amide bonds. The highest BCUT2D eigenvalue weighted by Crippen LogP contribution is 2.49. The third-order valence-electron chi connectivity index (χ3n) is 4.11. The first-order chi connectivity index (χ1) is 11.1. The summed E-state index contributed by atoms with van der Waals surface area (Å²) in [6.45, 7) is 0.190. The monoisotopic (exact) mass is 395 g/mol. The normalized spacial score (nSPS) is 20.8. The lowest BCUT2D eigenvalue weighted by atomic mass is 10.1. The molecule has 0 radical (unpaired) electrons. The lowest BCUT2D eigenvalue weighted by Gasteiger charge is -2.15. The molecule has 1 aliphatic carbocycles. The molecule has 122 valence electrons. The summed E-state index contributed by atoms with van der Waals surface area (Å²) >= 11 is 5.08. The molecule has 23 heavy (non-hydrogen) atoms. The number of carbonyl (C=O) groups is 1. The summed E-state index contributed by atoms with van der Waals surface area (Å²) in [5.41, 5.74) is 1.90. The number of hydrogen-bond donors (Lipinski definition) is 2. The molecule has 1 saturated carbocycles. The number of thiophene rings is 1. The quantitative estimate of drug-likeness (QED) is 0.786. The highest BCUT2D eigenvalue weighted by atomic mass is 79.9. The van der Waals surface area contributed by atoms with Crippen LogP contribution in [0.3, 0.4) is 0 Å². The number of methoxy groups -OCH3 is 1. The first kappa shape index (κ1) is 16.5. The van der Waals surface area contributed by atoms with Crippen molar-refractivity contribution in [2.45, 2.75) is 18.4 Å². The Kier molecular flexibility index (Phi) is 5.04. The highest BCUT2D eigenvalue weighted by Gasteiger charge is 2.44. The molecule has 1 fully saturated rings. The minimum atomic E-state index is -0.775. The van der Waals surface area contributed by atoms with Crippen LogP contribution in [0.1, 0.15) is 29.6 Å². The van der Waals surface area contributed by atoms with Gasteiger partial charge in [-0.2, -0.15) is 0 Å². The molecular formula is C17H18BrNO3S. The van der Waals surface area contributed by atoms with Crippen LogP contribution in [0.15, 0.2) is 39.5 Å². The Balaban J connectivity index is 1.53. The Labute approximate surface area is 147 Å². The predicted octanol–water partition coefficient (Wildman–Crippen LogP) is 3.47. The molecule has 3 rings (SSSR count). The van der Waals surface area contributed by atoms with E-state index in [1.165, 1.54) is 5.56 Å². The zero-order valence-corrected chi connectivity index (χ0v) is 15.1. The SMILES string of the molecule is COc1ccccc1[C@H](O)CNC(=O)[C@@H]1C[C@H]1c1csc(Br)c1. The minimum Gasteiger partial charge on any atom is -0.496 e. The van der Waals surface area contributed by atoms with Crippen molar-refractivity contribution in [1.29, 1.82) is 0 Å². The van der Waals surface area contributed by atoms with Crippen LogP contribution in [0.5, 0.6) is 5.75 Å². The predicted molar refractivity (Wildman–Crippen MR) is 93.8 cm³/mol. The number of ether oxygens (including phenoxy) is 1. The van der Waals surface area contributed by atoms with Gasteiger partial charge in [0.25, 0.3) is 0 Å². The van der Waals surface area contributed by atoms with E-state index >= 15 is 0 Å². The average Bonchev–Trinajstić information content (AvgIpc) is 3.26. The van der Waals surface area contributed by atoms with E-state index in [9.17, 15) is 9.90 Å². The molecular weight excluding hydrogens is 378 g/mol. The molecule has 0 spiro atoms. The lowest BCUT2D eigenvalue weighted by Crippen LogP contribution is -2.30. The molecule has 0 saturated heterocycles. The number of nitrogens with one attached hydrogen (secondary N) is 1. The second kappa shape index (κ2) is 7.03. The Morgan fingerprint density at radius 3 is 3.00 bits per heavy atom. The number of amides is 1. The van der Waals surface area contributed by atoms with Crippen LogP contribution in [0.25, 0.3) is 0 Å². The van der Waals surface area contributed by atoms with E-state index in [1.807, 2.05) is 12.1 Å². The van der Waals surface area contributed by atoms with E-state index < -0.39 is 6.10 Å². The third kappa shape index (κ3) is 3.76. The van der Waals surface area contributed by atoms with Gasteiger partial charge in [-0.15, -0.1) is 11.3 Å². The fraction of sp³-hybridized carbons (Fsp3) is 0.353. The molecule has 4 nitrogen and oxygen atoms in total. The van der Waals surface area contributed by atoms with Crippen molar-refractivity contribution < 1.29 is 14.6 Å². The lowest BCUT2D eigenvalue weighted by molar-refractivity contribution is -0.122. The molecule has 2 aromatic rings. The number of aliphatic hydroxyl groups excluding tert-OH is 1. The van der Waals surface area contributed by atoms with E-state index in [1.54, 1.807) is 30.6 Å². The minimum absolute atomic E-state index is 0.00581. The van der Waals surface area contributed by atoms with Gasteiger partial charge in [0.2, 0.25) is 5.91 Å². The van der Waals surface area contributed by atoms with Gasteiger partial charge in [0.15, 0.2) is 0 Å². The Morgan fingerprint density at radius 2 is 2.30 bits per heavy atom. The van der Waals surface area contributed by atoms with Crippen molar-refractivity contribution in [3.8, 4) is 5.75 Å². The maximum Gasteiger partial charge on any atom is 0.223 e. The molecule has 0 unspecified atom stereocenters. The van der Waals surface area contributed by atoms with Crippen molar-refractivity contribution in [3.63, 3.8) is 0 Å². The zero-order valence-electron chi connectivity index (χ0n) is 12.7. The van der Waals surface area contributed by atoms with E-state index in [-0.39, 0.29) is 18.4 Å². The van der Waals surface area contributed by atoms with E-state index in [4.69, 9.17) is 4.74 Å². The number of carbonyl (C=O) groups excluding carboxylic acids is 1. The standard InChI is InChI=1S/C17H18BrNO3S/c1-22-15-5-3-2-4-11(15)14(20)8-19-17(21)13-7-12(13)10-6-16(18)23-9-10/h2-6,9,12-14,20H,7-8H2,1H3,(H,19,21)/t12-,13+,14+/m0/s1. The number of benzene rings is 1. The Bertz CT molecular complexity index is 703. The van der Waals surface area contributed by atoms with Crippen LogP contribution in [-0.4, -0.2) is 24.7 Å². The molecule has 1 aliphatic rings. The molecule has 1 aromatic heterocycles. The number of halogens is 1. The third-order valence-corrected chi connectivity index (χ3v) is 5.63. The highest BCUT2D eigenvalue weighted by molar-refractivity contribution is 9.11. The molecule has 1 heterocycles. The summed E-state index contributed by atoms with van der Waals surface area (Å²) in [5, 5.41) is 15.2. The number of rotatable bonds is 6. The first-order valence-electron chi connectivity index (χ1n) is 7.42. The van der Waals surface area contributed by atoms with E-state index in [2.05, 4.69) is 32.7 Å². The molecule has 3 atom stereocenters. The fourth-order valence-corrected chi connectivity index (χ4v) is 3.99. The molecule has 0 aliphatic heterocycles. The largest absolute Gasteiger partial charge is 0.496 e. The second-order valence-corrected chi connectivity index (χ2v) is 7.93. The summed E-state index contributed by atoms with van der Waals surface area (Å²) < 4.78 is 6.32. The van der Waals surface area contributed by atoms with Crippen LogP contribution in [0, 0.1) is 5.92 Å². The van der Waals surface area contributed by atoms with E-state index in [0.29, 0.717) is 17.2 Å². The summed E-state index contributed by atoms with van der Waals surface area (Å²) in [6, 6.07) is 9.37. The molecule has 6 heteroatoms. The smallest absolute Gasteiger partial charge is 0.223 e. The molecule has 0 bridgehead atoms. The van der Waals surface area contributed by atoms with E-state index in [0.717, 1.165) is 10.2 Å². The molecule has 2 N–H and O–H groups in total.